The van der Waals surface area contributed by atoms with Gasteiger partial charge in [0.05, 0.1) is 0 Å². The van der Waals surface area contributed by atoms with E-state index in [4.69, 9.17) is 11.6 Å². The normalized spacial score (nSPS) is 23.1. The molecule has 112 valence electrons. The molecule has 20 heavy (non-hydrogen) atoms. The van der Waals surface area contributed by atoms with Crippen LogP contribution in [-0.4, -0.2) is 19.6 Å². The second-order valence-corrected chi connectivity index (χ2v) is 6.58. The Kier molecular flexibility index (Phi) is 5.74. The molecule has 1 heterocycles. The zero-order valence-electron chi connectivity index (χ0n) is 13.0. The third-order valence-corrected chi connectivity index (χ3v) is 4.69. The van der Waals surface area contributed by atoms with Crippen LogP contribution in [0.3, 0.4) is 0 Å². The van der Waals surface area contributed by atoms with Gasteiger partial charge < -0.3 is 10.2 Å². The van der Waals surface area contributed by atoms with Gasteiger partial charge >= 0.3 is 0 Å². The van der Waals surface area contributed by atoms with Crippen molar-refractivity contribution >= 4 is 17.3 Å². The molecule has 1 aliphatic heterocycles. The smallest absolute Gasteiger partial charge is 0.0412 e. The van der Waals surface area contributed by atoms with Crippen molar-refractivity contribution in [2.75, 3.05) is 24.5 Å². The van der Waals surface area contributed by atoms with Crippen molar-refractivity contribution in [1.29, 1.82) is 0 Å². The monoisotopic (exact) mass is 294 g/mol. The van der Waals surface area contributed by atoms with Gasteiger partial charge in [-0.3, -0.25) is 0 Å². The highest BCUT2D eigenvalue weighted by Gasteiger charge is 2.24. The topological polar surface area (TPSA) is 15.3 Å². The Bertz CT molecular complexity index is 433. The van der Waals surface area contributed by atoms with Gasteiger partial charge in [-0.15, -0.1) is 0 Å². The summed E-state index contributed by atoms with van der Waals surface area (Å²) in [6.45, 7) is 11.2. The molecule has 0 spiro atoms. The molecule has 1 N–H and O–H groups in total. The number of benzene rings is 1. The molecule has 0 aliphatic carbocycles. The number of halogens is 1. The van der Waals surface area contributed by atoms with Gasteiger partial charge in [-0.1, -0.05) is 32.4 Å². The molecule has 2 rings (SSSR count). The summed E-state index contributed by atoms with van der Waals surface area (Å²) in [6, 6.07) is 6.32. The van der Waals surface area contributed by atoms with Crippen LogP contribution in [0.4, 0.5) is 5.69 Å². The van der Waals surface area contributed by atoms with Crippen molar-refractivity contribution in [3.8, 4) is 0 Å². The first kappa shape index (κ1) is 15.7. The summed E-state index contributed by atoms with van der Waals surface area (Å²) in [5, 5.41) is 4.33. The molecule has 1 saturated heterocycles. The molecule has 1 aromatic carbocycles. The van der Waals surface area contributed by atoms with Crippen molar-refractivity contribution in [1.82, 2.24) is 5.32 Å². The minimum absolute atomic E-state index is 0.760. The summed E-state index contributed by atoms with van der Waals surface area (Å²) < 4.78 is 0. The van der Waals surface area contributed by atoms with Gasteiger partial charge in [0, 0.05) is 30.3 Å². The second kappa shape index (κ2) is 7.33. The minimum Gasteiger partial charge on any atom is -0.371 e. The lowest BCUT2D eigenvalue weighted by molar-refractivity contribution is 0.323. The van der Waals surface area contributed by atoms with Crippen LogP contribution >= 0.6 is 11.6 Å². The van der Waals surface area contributed by atoms with E-state index in [1.165, 1.54) is 17.7 Å². The molecular weight excluding hydrogens is 268 g/mol. The first-order chi connectivity index (χ1) is 9.61. The summed E-state index contributed by atoms with van der Waals surface area (Å²) in [5.41, 5.74) is 2.68. The van der Waals surface area contributed by atoms with E-state index in [2.05, 4.69) is 43.1 Å². The average molecular weight is 295 g/mol. The van der Waals surface area contributed by atoms with Crippen LogP contribution in [0.15, 0.2) is 18.2 Å². The number of nitrogens with zero attached hydrogens (tertiary/aromatic N) is 1. The van der Waals surface area contributed by atoms with Crippen LogP contribution in [0.25, 0.3) is 0 Å². The van der Waals surface area contributed by atoms with E-state index in [0.717, 1.165) is 49.5 Å². The van der Waals surface area contributed by atoms with Gasteiger partial charge in [-0.25, -0.2) is 0 Å². The van der Waals surface area contributed by atoms with Crippen molar-refractivity contribution < 1.29 is 0 Å². The molecule has 2 atom stereocenters. The highest BCUT2D eigenvalue weighted by molar-refractivity contribution is 6.30. The minimum atomic E-state index is 0.760. The van der Waals surface area contributed by atoms with Crippen LogP contribution in [0.2, 0.25) is 5.02 Å². The van der Waals surface area contributed by atoms with Crippen LogP contribution in [0, 0.1) is 11.8 Å². The molecule has 0 amide bonds. The number of anilines is 1. The molecule has 0 bridgehead atoms. The first-order valence-corrected chi connectivity index (χ1v) is 8.23. The number of hydrogen-bond donors (Lipinski definition) is 1. The third-order valence-electron chi connectivity index (χ3n) is 4.46. The number of piperidine rings is 1. The van der Waals surface area contributed by atoms with E-state index < -0.39 is 0 Å². The fraction of sp³-hybridized carbons (Fsp3) is 0.647. The Morgan fingerprint density at radius 1 is 1.30 bits per heavy atom. The Morgan fingerprint density at radius 3 is 2.80 bits per heavy atom. The fourth-order valence-corrected chi connectivity index (χ4v) is 3.08. The second-order valence-electron chi connectivity index (χ2n) is 6.14. The summed E-state index contributed by atoms with van der Waals surface area (Å²) in [5.74, 6) is 1.59. The standard InChI is InChI=1S/C17H27ClN2/c1-4-8-19-11-15-10-16(18)5-6-17(15)20-9-7-13(2)14(3)12-20/h5-6,10,13-14,19H,4,7-9,11-12H2,1-3H3. The van der Waals surface area contributed by atoms with Crippen molar-refractivity contribution in [3.05, 3.63) is 28.8 Å². The quantitative estimate of drug-likeness (QED) is 0.814. The van der Waals surface area contributed by atoms with E-state index in [1.807, 2.05) is 6.07 Å². The number of nitrogens with one attached hydrogen (secondary N) is 1. The Hall–Kier alpha value is -0.730. The van der Waals surface area contributed by atoms with Crippen LogP contribution in [-0.2, 0) is 6.54 Å². The fourth-order valence-electron chi connectivity index (χ4n) is 2.89. The zero-order chi connectivity index (χ0) is 14.5. The van der Waals surface area contributed by atoms with Crippen molar-refractivity contribution in [3.63, 3.8) is 0 Å². The third kappa shape index (κ3) is 3.89. The molecule has 2 nitrogen and oxygen atoms in total. The van der Waals surface area contributed by atoms with Gasteiger partial charge in [0.15, 0.2) is 0 Å². The predicted octanol–water partition coefficient (Wildman–Crippen LogP) is 4.32. The lowest BCUT2D eigenvalue weighted by Gasteiger charge is -2.38. The van der Waals surface area contributed by atoms with E-state index in [-0.39, 0.29) is 0 Å². The molecular formula is C17H27ClN2. The summed E-state index contributed by atoms with van der Waals surface area (Å²) in [6.07, 6.45) is 2.44. The summed E-state index contributed by atoms with van der Waals surface area (Å²) in [4.78, 5) is 2.53. The van der Waals surface area contributed by atoms with E-state index in [1.54, 1.807) is 0 Å². The maximum atomic E-state index is 6.17. The first-order valence-electron chi connectivity index (χ1n) is 7.86. The lowest BCUT2D eigenvalue weighted by Crippen LogP contribution is -2.39. The SMILES string of the molecule is CCCNCc1cc(Cl)ccc1N1CCC(C)C(C)C1. The molecule has 0 radical (unpaired) electrons. The Balaban J connectivity index is 2.13. The van der Waals surface area contributed by atoms with Gasteiger partial charge in [0.25, 0.3) is 0 Å². The van der Waals surface area contributed by atoms with Gasteiger partial charge in [0.1, 0.15) is 0 Å². The van der Waals surface area contributed by atoms with E-state index >= 15 is 0 Å². The van der Waals surface area contributed by atoms with Crippen LogP contribution in [0.1, 0.15) is 39.2 Å². The van der Waals surface area contributed by atoms with Crippen molar-refractivity contribution in [2.45, 2.75) is 40.2 Å². The van der Waals surface area contributed by atoms with Gasteiger partial charge in [-0.2, -0.15) is 0 Å². The largest absolute Gasteiger partial charge is 0.371 e. The Morgan fingerprint density at radius 2 is 2.10 bits per heavy atom. The van der Waals surface area contributed by atoms with Gasteiger partial charge in [-0.05, 0) is 55.0 Å². The predicted molar refractivity (Wildman–Crippen MR) is 88.6 cm³/mol. The van der Waals surface area contributed by atoms with Crippen LogP contribution in [0.5, 0.6) is 0 Å². The molecule has 1 aliphatic rings. The van der Waals surface area contributed by atoms with Gasteiger partial charge in [0.2, 0.25) is 0 Å². The highest BCUT2D eigenvalue weighted by Crippen LogP contribution is 2.30. The Labute approximate surface area is 128 Å². The van der Waals surface area contributed by atoms with Crippen molar-refractivity contribution in [2.24, 2.45) is 11.8 Å². The number of hydrogen-bond acceptors (Lipinski definition) is 2. The molecule has 3 heteroatoms. The van der Waals surface area contributed by atoms with E-state index in [9.17, 15) is 0 Å². The molecule has 0 saturated carbocycles. The molecule has 1 aromatic rings. The number of rotatable bonds is 5. The molecule has 0 aromatic heterocycles. The summed E-state index contributed by atoms with van der Waals surface area (Å²) >= 11 is 6.17. The lowest BCUT2D eigenvalue weighted by atomic mass is 9.88. The zero-order valence-corrected chi connectivity index (χ0v) is 13.7. The maximum absolute atomic E-state index is 6.17. The maximum Gasteiger partial charge on any atom is 0.0412 e. The van der Waals surface area contributed by atoms with E-state index in [0.29, 0.717) is 0 Å². The average Bonchev–Trinajstić information content (AvgIpc) is 2.43. The highest BCUT2D eigenvalue weighted by atomic mass is 35.5. The van der Waals surface area contributed by atoms with Crippen LogP contribution < -0.4 is 10.2 Å². The molecule has 2 unspecified atom stereocenters. The molecule has 1 fully saturated rings. The summed E-state index contributed by atoms with van der Waals surface area (Å²) in [7, 11) is 0.